The Labute approximate surface area is 173 Å². The third kappa shape index (κ3) is 8.73. The van der Waals surface area contributed by atoms with Crippen molar-refractivity contribution in [1.29, 1.82) is 0 Å². The third-order valence-electron chi connectivity index (χ3n) is 4.50. The smallest absolute Gasteiger partial charge is 0.343 e. The number of hydrazone groups is 1. The second-order valence-electron chi connectivity index (χ2n) is 7.14. The first-order valence-corrected chi connectivity index (χ1v) is 10.3. The van der Waals surface area contributed by atoms with Crippen LogP contribution < -0.4 is 10.2 Å². The first-order valence-electron chi connectivity index (χ1n) is 10.3. The molecule has 0 atom stereocenters. The molecule has 0 saturated heterocycles. The fourth-order valence-corrected chi connectivity index (χ4v) is 2.86. The van der Waals surface area contributed by atoms with E-state index in [9.17, 15) is 9.59 Å². The van der Waals surface area contributed by atoms with Crippen LogP contribution in [0.5, 0.6) is 5.75 Å². The average Bonchev–Trinajstić information content (AvgIpc) is 2.72. The number of hydrogen-bond donors (Lipinski definition) is 1. The highest BCUT2D eigenvalue weighted by molar-refractivity contribution is 5.91. The summed E-state index contributed by atoms with van der Waals surface area (Å²) in [5.41, 5.74) is 4.88. The van der Waals surface area contributed by atoms with Crippen LogP contribution in [0, 0.1) is 6.92 Å². The molecular formula is C24H30N2O3. The molecule has 1 N–H and O–H groups in total. The predicted octanol–water partition coefficient (Wildman–Crippen LogP) is 5.41. The number of nitrogens with zero attached hydrogens (tertiary/aromatic N) is 1. The van der Waals surface area contributed by atoms with E-state index in [1.54, 1.807) is 42.6 Å². The summed E-state index contributed by atoms with van der Waals surface area (Å²) in [5, 5.41) is 3.99. The van der Waals surface area contributed by atoms with Crippen LogP contribution in [0.25, 0.3) is 0 Å². The van der Waals surface area contributed by atoms with Crippen LogP contribution in [-0.2, 0) is 4.79 Å². The first-order chi connectivity index (χ1) is 14.1. The third-order valence-corrected chi connectivity index (χ3v) is 4.50. The van der Waals surface area contributed by atoms with Crippen molar-refractivity contribution < 1.29 is 14.3 Å². The van der Waals surface area contributed by atoms with Gasteiger partial charge >= 0.3 is 5.97 Å². The van der Waals surface area contributed by atoms with Gasteiger partial charge in [0.25, 0.3) is 0 Å². The molecule has 0 aliphatic heterocycles. The van der Waals surface area contributed by atoms with Gasteiger partial charge in [0.2, 0.25) is 5.91 Å². The minimum atomic E-state index is -0.392. The number of amides is 1. The van der Waals surface area contributed by atoms with Crippen molar-refractivity contribution in [2.24, 2.45) is 5.10 Å². The maximum atomic E-state index is 12.2. The van der Waals surface area contributed by atoms with Gasteiger partial charge in [0.15, 0.2) is 0 Å². The summed E-state index contributed by atoms with van der Waals surface area (Å²) in [6.07, 6.45) is 8.97. The van der Waals surface area contributed by atoms with E-state index in [0.29, 0.717) is 17.7 Å². The number of carbonyl (C=O) groups is 2. The van der Waals surface area contributed by atoms with Gasteiger partial charge in [-0.1, -0.05) is 56.7 Å². The number of nitrogens with one attached hydrogen (secondary N) is 1. The van der Waals surface area contributed by atoms with Crippen molar-refractivity contribution in [2.45, 2.75) is 58.8 Å². The Morgan fingerprint density at radius 2 is 1.72 bits per heavy atom. The van der Waals surface area contributed by atoms with E-state index in [4.69, 9.17) is 4.74 Å². The largest absolute Gasteiger partial charge is 0.423 e. The fourth-order valence-electron chi connectivity index (χ4n) is 2.86. The van der Waals surface area contributed by atoms with Gasteiger partial charge < -0.3 is 4.74 Å². The zero-order chi connectivity index (χ0) is 20.9. The van der Waals surface area contributed by atoms with E-state index in [1.165, 1.54) is 25.7 Å². The van der Waals surface area contributed by atoms with Gasteiger partial charge in [0.05, 0.1) is 11.8 Å². The molecule has 2 aromatic rings. The maximum Gasteiger partial charge on any atom is 0.343 e. The van der Waals surface area contributed by atoms with Crippen molar-refractivity contribution in [3.8, 4) is 5.75 Å². The monoisotopic (exact) mass is 394 g/mol. The Balaban J connectivity index is 1.72. The minimum Gasteiger partial charge on any atom is -0.423 e. The highest BCUT2D eigenvalue weighted by Crippen LogP contribution is 2.14. The topological polar surface area (TPSA) is 67.8 Å². The van der Waals surface area contributed by atoms with Crippen LogP contribution in [0.4, 0.5) is 0 Å². The quantitative estimate of drug-likeness (QED) is 0.182. The van der Waals surface area contributed by atoms with Crippen LogP contribution in [0.15, 0.2) is 53.6 Å². The number of carbonyl (C=O) groups excluding carboxylic acids is 2. The van der Waals surface area contributed by atoms with Gasteiger partial charge in [-0.25, -0.2) is 10.2 Å². The van der Waals surface area contributed by atoms with Gasteiger partial charge in [-0.05, 0) is 55.3 Å². The average molecular weight is 395 g/mol. The van der Waals surface area contributed by atoms with Crippen molar-refractivity contribution in [3.05, 3.63) is 65.2 Å². The van der Waals surface area contributed by atoms with Crippen LogP contribution in [0.2, 0.25) is 0 Å². The molecule has 5 nitrogen and oxygen atoms in total. The molecule has 1 amide bonds. The first kappa shape index (κ1) is 22.3. The maximum absolute atomic E-state index is 12.2. The lowest BCUT2D eigenvalue weighted by molar-refractivity contribution is -0.121. The summed E-state index contributed by atoms with van der Waals surface area (Å²) in [7, 11) is 0. The molecule has 2 aromatic carbocycles. The second kappa shape index (κ2) is 12.5. The van der Waals surface area contributed by atoms with E-state index in [1.807, 2.05) is 19.1 Å². The molecule has 29 heavy (non-hydrogen) atoms. The summed E-state index contributed by atoms with van der Waals surface area (Å²) in [6, 6.07) is 14.2. The molecule has 0 aliphatic carbocycles. The standard InChI is InChI=1S/C24H30N2O3/c1-3-4-5-6-7-8-12-23(27)26-25-18-20-13-15-22(16-14-20)29-24(28)21-11-9-10-19(2)17-21/h9-11,13-18H,3-8,12H2,1-2H3,(H,26,27). The summed E-state index contributed by atoms with van der Waals surface area (Å²) in [6.45, 7) is 4.12. The van der Waals surface area contributed by atoms with Crippen molar-refractivity contribution >= 4 is 18.1 Å². The number of rotatable bonds is 11. The predicted molar refractivity (Wildman–Crippen MR) is 116 cm³/mol. The molecule has 0 unspecified atom stereocenters. The highest BCUT2D eigenvalue weighted by Gasteiger charge is 2.08. The van der Waals surface area contributed by atoms with E-state index in [-0.39, 0.29) is 5.91 Å². The van der Waals surface area contributed by atoms with Gasteiger partial charge in [-0.3, -0.25) is 4.79 Å². The molecule has 0 bridgehead atoms. The molecule has 0 spiro atoms. The molecular weight excluding hydrogens is 364 g/mol. The highest BCUT2D eigenvalue weighted by atomic mass is 16.5. The normalized spacial score (nSPS) is 10.8. The van der Waals surface area contributed by atoms with E-state index >= 15 is 0 Å². The Kier molecular flexibility index (Phi) is 9.63. The van der Waals surface area contributed by atoms with Crippen LogP contribution in [0.3, 0.4) is 0 Å². The van der Waals surface area contributed by atoms with E-state index in [0.717, 1.165) is 24.0 Å². The molecule has 0 fully saturated rings. The zero-order valence-electron chi connectivity index (χ0n) is 17.3. The Morgan fingerprint density at radius 1 is 1.00 bits per heavy atom. The number of benzene rings is 2. The number of hydrogen-bond acceptors (Lipinski definition) is 4. The molecule has 0 saturated carbocycles. The second-order valence-corrected chi connectivity index (χ2v) is 7.14. The molecule has 154 valence electrons. The Hall–Kier alpha value is -2.95. The van der Waals surface area contributed by atoms with Crippen LogP contribution >= 0.6 is 0 Å². The van der Waals surface area contributed by atoms with Crippen LogP contribution in [-0.4, -0.2) is 18.1 Å². The van der Waals surface area contributed by atoms with Crippen molar-refractivity contribution in [1.82, 2.24) is 5.43 Å². The van der Waals surface area contributed by atoms with Gasteiger partial charge in [-0.2, -0.15) is 5.10 Å². The molecule has 0 aliphatic rings. The lowest BCUT2D eigenvalue weighted by Crippen LogP contribution is -2.16. The summed E-state index contributed by atoms with van der Waals surface area (Å²) in [5.74, 6) is -0.00159. The van der Waals surface area contributed by atoms with Crippen LogP contribution in [0.1, 0.15) is 73.4 Å². The fraction of sp³-hybridized carbons (Fsp3) is 0.375. The van der Waals surface area contributed by atoms with Gasteiger partial charge in [0, 0.05) is 6.42 Å². The SMILES string of the molecule is CCCCCCCCC(=O)NN=Cc1ccc(OC(=O)c2cccc(C)c2)cc1. The summed E-state index contributed by atoms with van der Waals surface area (Å²) < 4.78 is 5.38. The molecule has 5 heteroatoms. The lowest BCUT2D eigenvalue weighted by Gasteiger charge is -2.05. The zero-order valence-corrected chi connectivity index (χ0v) is 17.3. The molecule has 2 rings (SSSR count). The van der Waals surface area contributed by atoms with E-state index in [2.05, 4.69) is 17.5 Å². The minimum absolute atomic E-state index is 0.0690. The summed E-state index contributed by atoms with van der Waals surface area (Å²) in [4.78, 5) is 23.9. The number of esters is 1. The number of ether oxygens (including phenoxy) is 1. The Morgan fingerprint density at radius 3 is 2.45 bits per heavy atom. The molecule has 0 heterocycles. The van der Waals surface area contributed by atoms with Crippen molar-refractivity contribution in [2.75, 3.05) is 0 Å². The van der Waals surface area contributed by atoms with Gasteiger partial charge in [-0.15, -0.1) is 0 Å². The molecule has 0 radical (unpaired) electrons. The number of unbranched alkanes of at least 4 members (excludes halogenated alkanes) is 5. The van der Waals surface area contributed by atoms with Crippen molar-refractivity contribution in [3.63, 3.8) is 0 Å². The molecule has 0 aromatic heterocycles. The summed E-state index contributed by atoms with van der Waals surface area (Å²) >= 11 is 0. The lowest BCUT2D eigenvalue weighted by atomic mass is 10.1. The Bertz CT molecular complexity index is 813. The number of aryl methyl sites for hydroxylation is 1. The van der Waals surface area contributed by atoms with E-state index < -0.39 is 5.97 Å². The van der Waals surface area contributed by atoms with Gasteiger partial charge in [0.1, 0.15) is 5.75 Å².